The van der Waals surface area contributed by atoms with Gasteiger partial charge in [0.2, 0.25) is 10.0 Å². The molecule has 0 saturated carbocycles. The Kier molecular flexibility index (Phi) is 7.68. The molecule has 0 heterocycles. The molecule has 0 fully saturated rings. The molecular formula is C25H33NO2S. The number of hydrogen-bond acceptors (Lipinski definition) is 2. The van der Waals surface area contributed by atoms with E-state index in [1.807, 2.05) is 31.2 Å². The third-order valence-electron chi connectivity index (χ3n) is 5.69. The Morgan fingerprint density at radius 3 is 2.34 bits per heavy atom. The van der Waals surface area contributed by atoms with E-state index < -0.39 is 10.0 Å². The Hall–Kier alpha value is -1.91. The van der Waals surface area contributed by atoms with Crippen LogP contribution in [0.1, 0.15) is 68.2 Å². The molecule has 3 rings (SSSR count). The number of rotatable bonds is 11. The molecule has 156 valence electrons. The lowest BCUT2D eigenvalue weighted by atomic mass is 9.83. The van der Waals surface area contributed by atoms with Crippen molar-refractivity contribution in [3.63, 3.8) is 0 Å². The predicted octanol–water partition coefficient (Wildman–Crippen LogP) is 6.20. The number of nitrogens with zero attached hydrogens (tertiary/aromatic N) is 1. The van der Waals surface area contributed by atoms with Crippen LogP contribution >= 0.6 is 0 Å². The molecular weight excluding hydrogens is 378 g/mol. The molecule has 2 aromatic carbocycles. The van der Waals surface area contributed by atoms with Crippen molar-refractivity contribution in [2.45, 2.75) is 69.7 Å². The van der Waals surface area contributed by atoms with Crippen molar-refractivity contribution in [2.24, 2.45) is 0 Å². The van der Waals surface area contributed by atoms with E-state index in [4.69, 9.17) is 0 Å². The van der Waals surface area contributed by atoms with Gasteiger partial charge in [-0.2, -0.15) is 4.31 Å². The Balaban J connectivity index is 1.70. The van der Waals surface area contributed by atoms with Crippen molar-refractivity contribution in [1.29, 1.82) is 0 Å². The minimum atomic E-state index is -3.52. The van der Waals surface area contributed by atoms with Crippen LogP contribution in [-0.4, -0.2) is 19.3 Å². The van der Waals surface area contributed by atoms with E-state index in [2.05, 4.69) is 31.2 Å². The van der Waals surface area contributed by atoms with Crippen LogP contribution in [-0.2, 0) is 16.4 Å². The molecule has 0 spiro atoms. The van der Waals surface area contributed by atoms with Crippen molar-refractivity contribution in [1.82, 2.24) is 4.31 Å². The first-order chi connectivity index (χ1) is 14.0. The Bertz CT molecular complexity index is 916. The molecule has 0 saturated heterocycles. The maximum atomic E-state index is 13.4. The van der Waals surface area contributed by atoms with E-state index in [0.29, 0.717) is 11.4 Å². The molecule has 0 amide bonds. The summed E-state index contributed by atoms with van der Waals surface area (Å²) in [6, 6.07) is 15.4. The van der Waals surface area contributed by atoms with E-state index in [1.165, 1.54) is 24.8 Å². The van der Waals surface area contributed by atoms with Crippen LogP contribution in [0.25, 0.3) is 0 Å². The summed E-state index contributed by atoms with van der Waals surface area (Å²) in [7, 11) is -3.52. The molecule has 2 aromatic rings. The minimum absolute atomic E-state index is 0.0500. The molecule has 1 unspecified atom stereocenters. The van der Waals surface area contributed by atoms with Crippen molar-refractivity contribution in [3.05, 3.63) is 77.4 Å². The summed E-state index contributed by atoms with van der Waals surface area (Å²) in [5.74, 6) is 0. The molecule has 0 N–H and O–H groups in total. The Labute approximate surface area is 176 Å². The summed E-state index contributed by atoms with van der Waals surface area (Å²) >= 11 is 0. The summed E-state index contributed by atoms with van der Waals surface area (Å²) in [4.78, 5) is 0.391. The molecule has 0 radical (unpaired) electrons. The highest BCUT2D eigenvalue weighted by Crippen LogP contribution is 2.40. The van der Waals surface area contributed by atoms with E-state index in [9.17, 15) is 8.42 Å². The Morgan fingerprint density at radius 2 is 1.66 bits per heavy atom. The lowest BCUT2D eigenvalue weighted by molar-refractivity contribution is 0.293. The van der Waals surface area contributed by atoms with Crippen LogP contribution in [0.2, 0.25) is 0 Å². The monoisotopic (exact) mass is 411 g/mol. The third-order valence-corrected chi connectivity index (χ3v) is 7.62. The quantitative estimate of drug-likeness (QED) is 0.326. The standard InChI is InChI=1S/C25H33NO2S/c1-3-4-5-6-7-8-9-12-19-26(25-20-22-13-10-11-14-24(22)25)29(27,28)23-17-15-21(2)16-18-23/h7-8,10-11,13-18,25H,3-6,9,12,19-20H2,1-2H3/b8-7-. The van der Waals surface area contributed by atoms with Gasteiger partial charge in [-0.1, -0.05) is 73.9 Å². The first-order valence-electron chi connectivity index (χ1n) is 10.9. The van der Waals surface area contributed by atoms with E-state index >= 15 is 0 Å². The average molecular weight is 412 g/mol. The van der Waals surface area contributed by atoms with Crippen LogP contribution in [0.15, 0.2) is 65.6 Å². The number of sulfonamides is 1. The zero-order chi connectivity index (χ0) is 20.7. The van der Waals surface area contributed by atoms with Gasteiger partial charge in [-0.3, -0.25) is 0 Å². The van der Waals surface area contributed by atoms with E-state index in [1.54, 1.807) is 16.4 Å². The first-order valence-corrected chi connectivity index (χ1v) is 12.3. The van der Waals surface area contributed by atoms with Crippen molar-refractivity contribution < 1.29 is 8.42 Å². The van der Waals surface area contributed by atoms with Crippen LogP contribution in [0.5, 0.6) is 0 Å². The number of allylic oxidation sites excluding steroid dienone is 2. The van der Waals surface area contributed by atoms with Crippen LogP contribution in [0.4, 0.5) is 0 Å². The molecule has 0 aromatic heterocycles. The van der Waals surface area contributed by atoms with Crippen molar-refractivity contribution in [2.75, 3.05) is 6.54 Å². The molecule has 1 atom stereocenters. The predicted molar refractivity (Wildman–Crippen MR) is 120 cm³/mol. The maximum Gasteiger partial charge on any atom is 0.243 e. The largest absolute Gasteiger partial charge is 0.243 e. The SMILES string of the molecule is CCCCC/C=C\CCCN(C1Cc2ccccc21)S(=O)(=O)c1ccc(C)cc1. The van der Waals surface area contributed by atoms with Gasteiger partial charge < -0.3 is 0 Å². The summed E-state index contributed by atoms with van der Waals surface area (Å²) < 4.78 is 28.6. The third kappa shape index (κ3) is 5.37. The summed E-state index contributed by atoms with van der Waals surface area (Å²) in [6.07, 6.45) is 11.9. The normalized spacial score (nSPS) is 16.2. The minimum Gasteiger partial charge on any atom is -0.207 e. The molecule has 3 nitrogen and oxygen atoms in total. The Morgan fingerprint density at radius 1 is 0.966 bits per heavy atom. The highest BCUT2D eigenvalue weighted by molar-refractivity contribution is 7.89. The van der Waals surface area contributed by atoms with Gasteiger partial charge in [0.15, 0.2) is 0 Å². The fourth-order valence-electron chi connectivity index (χ4n) is 3.89. The highest BCUT2D eigenvalue weighted by atomic mass is 32.2. The molecule has 29 heavy (non-hydrogen) atoms. The second-order valence-electron chi connectivity index (χ2n) is 7.96. The topological polar surface area (TPSA) is 37.4 Å². The molecule has 0 aliphatic heterocycles. The fourth-order valence-corrected chi connectivity index (χ4v) is 5.53. The van der Waals surface area contributed by atoms with Gasteiger partial charge in [0.25, 0.3) is 0 Å². The lowest BCUT2D eigenvalue weighted by Gasteiger charge is -2.38. The second kappa shape index (κ2) is 10.2. The number of fused-ring (bicyclic) bond motifs is 1. The number of benzene rings is 2. The summed E-state index contributed by atoms with van der Waals surface area (Å²) in [5, 5.41) is 0. The number of aryl methyl sites for hydroxylation is 1. The van der Waals surface area contributed by atoms with Gasteiger partial charge in [0, 0.05) is 6.54 Å². The summed E-state index contributed by atoms with van der Waals surface area (Å²) in [5.41, 5.74) is 3.48. The number of hydrogen-bond donors (Lipinski definition) is 0. The van der Waals surface area contributed by atoms with Crippen LogP contribution in [0, 0.1) is 6.92 Å². The maximum absolute atomic E-state index is 13.4. The van der Waals surface area contributed by atoms with Gasteiger partial charge in [-0.25, -0.2) is 8.42 Å². The van der Waals surface area contributed by atoms with Crippen molar-refractivity contribution in [3.8, 4) is 0 Å². The van der Waals surface area contributed by atoms with Gasteiger partial charge in [0.05, 0.1) is 10.9 Å². The zero-order valence-electron chi connectivity index (χ0n) is 17.7. The van der Waals surface area contributed by atoms with Gasteiger partial charge in [-0.15, -0.1) is 0 Å². The number of unbranched alkanes of at least 4 members (excludes halogenated alkanes) is 4. The molecule has 0 bridgehead atoms. The van der Waals surface area contributed by atoms with Gasteiger partial charge in [-0.05, 0) is 62.3 Å². The molecule has 1 aliphatic rings. The van der Waals surface area contributed by atoms with Crippen molar-refractivity contribution >= 4 is 10.0 Å². The van der Waals surface area contributed by atoms with Gasteiger partial charge in [0.1, 0.15) is 0 Å². The first kappa shape index (κ1) is 21.8. The molecule has 1 aliphatic carbocycles. The fraction of sp³-hybridized carbons (Fsp3) is 0.440. The zero-order valence-corrected chi connectivity index (χ0v) is 18.5. The van der Waals surface area contributed by atoms with Crippen LogP contribution in [0.3, 0.4) is 0 Å². The van der Waals surface area contributed by atoms with E-state index in [-0.39, 0.29) is 6.04 Å². The smallest absolute Gasteiger partial charge is 0.207 e. The average Bonchev–Trinajstić information content (AvgIpc) is 2.69. The second-order valence-corrected chi connectivity index (χ2v) is 9.85. The highest BCUT2D eigenvalue weighted by Gasteiger charge is 2.38. The molecule has 4 heteroatoms. The summed E-state index contributed by atoms with van der Waals surface area (Å²) in [6.45, 7) is 4.74. The van der Waals surface area contributed by atoms with E-state index in [0.717, 1.165) is 36.8 Å². The van der Waals surface area contributed by atoms with Crippen LogP contribution < -0.4 is 0 Å². The van der Waals surface area contributed by atoms with Gasteiger partial charge >= 0.3 is 0 Å². The lowest BCUT2D eigenvalue weighted by Crippen LogP contribution is -2.41.